The normalized spacial score (nSPS) is 11.3. The topological polar surface area (TPSA) is 83.5 Å². The maximum absolute atomic E-state index is 13.7. The van der Waals surface area contributed by atoms with Crippen molar-refractivity contribution < 1.29 is 22.7 Å². The average molecular weight is 402 g/mol. The monoisotopic (exact) mass is 401 g/mol. The summed E-state index contributed by atoms with van der Waals surface area (Å²) in [6, 6.07) is 7.39. The molecule has 0 aliphatic rings. The maximum Gasteiger partial charge on any atom is 0.258 e. The summed E-state index contributed by atoms with van der Waals surface area (Å²) in [6.07, 6.45) is 0. The van der Waals surface area contributed by atoms with Crippen molar-refractivity contribution in [2.24, 2.45) is 0 Å². The number of hydrogen-bond acceptors (Lipinski definition) is 4. The lowest BCUT2D eigenvalue weighted by Crippen LogP contribution is -2.14. The number of rotatable bonds is 4. The molecule has 0 aromatic heterocycles. The molecule has 2 aromatic carbocycles. The second-order valence-corrected chi connectivity index (χ2v) is 7.85. The van der Waals surface area contributed by atoms with E-state index in [1.165, 1.54) is 25.1 Å². The maximum atomic E-state index is 13.7. The molecule has 0 heterocycles. The fourth-order valence-corrected chi connectivity index (χ4v) is 3.10. The molecule has 2 rings (SSSR count). The Balaban J connectivity index is 2.38. The van der Waals surface area contributed by atoms with E-state index in [1.807, 2.05) is 0 Å². The lowest BCUT2D eigenvalue weighted by atomic mass is 10.2. The first-order valence-electron chi connectivity index (χ1n) is 6.57. The van der Waals surface area contributed by atoms with Crippen LogP contribution in [0.15, 0.2) is 45.8 Å². The van der Waals surface area contributed by atoms with Crippen LogP contribution in [0, 0.1) is 5.82 Å². The van der Waals surface area contributed by atoms with Gasteiger partial charge in [0.05, 0.1) is 21.9 Å². The molecule has 2 aromatic rings. The van der Waals surface area contributed by atoms with E-state index in [0.717, 1.165) is 18.2 Å². The number of sulfone groups is 1. The highest BCUT2D eigenvalue weighted by Crippen LogP contribution is 2.28. The minimum absolute atomic E-state index is 0.0391. The number of benzene rings is 2. The van der Waals surface area contributed by atoms with Gasteiger partial charge in [-0.25, -0.2) is 12.8 Å². The van der Waals surface area contributed by atoms with Crippen molar-refractivity contribution in [3.05, 3.63) is 52.3 Å². The van der Waals surface area contributed by atoms with E-state index in [0.29, 0.717) is 4.47 Å². The molecule has 0 bridgehead atoms. The van der Waals surface area contributed by atoms with Crippen LogP contribution >= 0.6 is 15.9 Å². The van der Waals surface area contributed by atoms with Crippen molar-refractivity contribution in [3.8, 4) is 5.75 Å². The minimum Gasteiger partial charge on any atom is -0.506 e. The van der Waals surface area contributed by atoms with Gasteiger partial charge in [-0.1, -0.05) is 22.9 Å². The van der Waals surface area contributed by atoms with E-state index in [4.69, 9.17) is 0 Å². The van der Waals surface area contributed by atoms with Crippen LogP contribution in [0.25, 0.3) is 0 Å². The van der Waals surface area contributed by atoms with E-state index >= 15 is 0 Å². The largest absolute Gasteiger partial charge is 0.506 e. The molecule has 8 heteroatoms. The Kier molecular flexibility index (Phi) is 5.06. The minimum atomic E-state index is -3.50. The Morgan fingerprint density at radius 1 is 1.26 bits per heavy atom. The van der Waals surface area contributed by atoms with E-state index in [9.17, 15) is 22.7 Å². The number of carbonyl (C=O) groups excluding carboxylic acids is 1. The number of anilines is 1. The predicted molar refractivity (Wildman–Crippen MR) is 87.9 cm³/mol. The molecule has 0 unspecified atom stereocenters. The van der Waals surface area contributed by atoms with Gasteiger partial charge in [0.15, 0.2) is 9.84 Å². The highest BCUT2D eigenvalue weighted by atomic mass is 79.9. The van der Waals surface area contributed by atoms with Crippen molar-refractivity contribution in [2.45, 2.75) is 11.8 Å². The Labute approximate surface area is 141 Å². The Morgan fingerprint density at radius 2 is 1.96 bits per heavy atom. The van der Waals surface area contributed by atoms with E-state index in [1.54, 1.807) is 0 Å². The second kappa shape index (κ2) is 6.67. The number of carbonyl (C=O) groups is 1. The molecule has 0 saturated heterocycles. The fourth-order valence-electron chi connectivity index (χ4n) is 1.84. The molecule has 2 N–H and O–H groups in total. The van der Waals surface area contributed by atoms with Crippen molar-refractivity contribution in [1.82, 2.24) is 0 Å². The van der Waals surface area contributed by atoms with Gasteiger partial charge < -0.3 is 10.4 Å². The number of phenols is 1. The van der Waals surface area contributed by atoms with Gasteiger partial charge in [-0.2, -0.15) is 0 Å². The zero-order valence-corrected chi connectivity index (χ0v) is 14.4. The molecular formula is C15H13BrFNO4S. The summed E-state index contributed by atoms with van der Waals surface area (Å²) >= 11 is 3.14. The zero-order chi connectivity index (χ0) is 17.2. The predicted octanol–water partition coefficient (Wildman–Crippen LogP) is 3.34. The third kappa shape index (κ3) is 3.89. The lowest BCUT2D eigenvalue weighted by molar-refractivity contribution is 0.102. The number of aromatic hydroxyl groups is 1. The first-order valence-corrected chi connectivity index (χ1v) is 9.01. The van der Waals surface area contributed by atoms with Gasteiger partial charge in [-0.3, -0.25) is 4.79 Å². The van der Waals surface area contributed by atoms with Crippen LogP contribution in [0.3, 0.4) is 0 Å². The van der Waals surface area contributed by atoms with Crippen LogP contribution < -0.4 is 5.32 Å². The van der Waals surface area contributed by atoms with Crippen LogP contribution in [0.2, 0.25) is 0 Å². The van der Waals surface area contributed by atoms with Crippen molar-refractivity contribution >= 4 is 37.4 Å². The van der Waals surface area contributed by atoms with Gasteiger partial charge in [-0.15, -0.1) is 0 Å². The first-order chi connectivity index (χ1) is 10.7. The summed E-state index contributed by atoms with van der Waals surface area (Å²) in [5.74, 6) is -1.97. The quantitative estimate of drug-likeness (QED) is 0.769. The average Bonchev–Trinajstić information content (AvgIpc) is 2.51. The molecule has 0 saturated carbocycles. The van der Waals surface area contributed by atoms with Crippen LogP contribution in [-0.4, -0.2) is 25.2 Å². The lowest BCUT2D eigenvalue weighted by Gasteiger charge is -2.10. The molecular weight excluding hydrogens is 389 g/mol. The van der Waals surface area contributed by atoms with Crippen LogP contribution in [0.5, 0.6) is 5.75 Å². The highest BCUT2D eigenvalue weighted by Gasteiger charge is 2.17. The summed E-state index contributed by atoms with van der Waals surface area (Å²) in [5, 5.41) is 12.1. The van der Waals surface area contributed by atoms with Crippen molar-refractivity contribution in [1.29, 1.82) is 0 Å². The van der Waals surface area contributed by atoms with Gasteiger partial charge in [0.2, 0.25) is 0 Å². The zero-order valence-electron chi connectivity index (χ0n) is 12.0. The molecule has 0 aliphatic heterocycles. The number of phenolic OH excluding ortho intramolecular Hbond substituents is 1. The van der Waals surface area contributed by atoms with E-state index in [2.05, 4.69) is 21.2 Å². The SMILES string of the molecule is CCS(=O)(=O)c1ccc(O)c(NC(=O)c2cc(Br)ccc2F)c1. The number of halogens is 2. The number of amides is 1. The Bertz CT molecular complexity index is 868. The van der Waals surface area contributed by atoms with Crippen molar-refractivity contribution in [2.75, 3.05) is 11.1 Å². The van der Waals surface area contributed by atoms with Gasteiger partial charge in [-0.05, 0) is 36.4 Å². The summed E-state index contributed by atoms with van der Waals surface area (Å²) in [7, 11) is -3.50. The fraction of sp³-hybridized carbons (Fsp3) is 0.133. The number of nitrogens with one attached hydrogen (secondary N) is 1. The Morgan fingerprint density at radius 3 is 2.61 bits per heavy atom. The third-order valence-electron chi connectivity index (χ3n) is 3.13. The molecule has 5 nitrogen and oxygen atoms in total. The summed E-state index contributed by atoms with van der Waals surface area (Å²) in [4.78, 5) is 12.1. The molecule has 0 spiro atoms. The third-order valence-corrected chi connectivity index (χ3v) is 5.35. The van der Waals surface area contributed by atoms with E-state index < -0.39 is 21.6 Å². The first kappa shape index (κ1) is 17.4. The smallest absolute Gasteiger partial charge is 0.258 e. The molecule has 23 heavy (non-hydrogen) atoms. The molecule has 122 valence electrons. The summed E-state index contributed by atoms with van der Waals surface area (Å²) in [5.41, 5.74) is -0.341. The van der Waals surface area contributed by atoms with Crippen LogP contribution in [0.1, 0.15) is 17.3 Å². The number of hydrogen-bond donors (Lipinski definition) is 2. The Hall–Kier alpha value is -1.93. The molecule has 0 atom stereocenters. The van der Waals surface area contributed by atoms with Crippen molar-refractivity contribution in [3.63, 3.8) is 0 Å². The summed E-state index contributed by atoms with van der Waals surface area (Å²) < 4.78 is 37.9. The van der Waals surface area contributed by atoms with Crippen LogP contribution in [-0.2, 0) is 9.84 Å². The van der Waals surface area contributed by atoms with Crippen LogP contribution in [0.4, 0.5) is 10.1 Å². The molecule has 0 aliphatic carbocycles. The van der Waals surface area contributed by atoms with Gasteiger partial charge in [0.25, 0.3) is 5.91 Å². The second-order valence-electron chi connectivity index (χ2n) is 4.66. The molecule has 1 amide bonds. The van der Waals surface area contributed by atoms with E-state index in [-0.39, 0.29) is 27.6 Å². The highest BCUT2D eigenvalue weighted by molar-refractivity contribution is 9.10. The van der Waals surface area contributed by atoms with Gasteiger partial charge in [0.1, 0.15) is 11.6 Å². The standard InChI is InChI=1S/C15H13BrFNO4S/c1-2-23(21,22)10-4-6-14(19)13(8-10)18-15(20)11-7-9(16)3-5-12(11)17/h3-8,19H,2H2,1H3,(H,18,20). The molecule has 0 radical (unpaired) electrons. The van der Waals surface area contributed by atoms with Gasteiger partial charge >= 0.3 is 0 Å². The van der Waals surface area contributed by atoms with Gasteiger partial charge in [0, 0.05) is 4.47 Å². The molecule has 0 fully saturated rings. The summed E-state index contributed by atoms with van der Waals surface area (Å²) in [6.45, 7) is 1.48.